The smallest absolute Gasteiger partial charge is 0.132 e. The maximum absolute atomic E-state index is 10.6. The highest BCUT2D eigenvalue weighted by molar-refractivity contribution is 5.78. The lowest BCUT2D eigenvalue weighted by molar-refractivity contribution is -0.121. The topological polar surface area (TPSA) is 34.1 Å². The van der Waals surface area contributed by atoms with Gasteiger partial charge in [0, 0.05) is 18.8 Å². The molecule has 0 N–H and O–H groups in total. The Bertz CT molecular complexity index is 365. The molecule has 0 aliphatic heterocycles. The minimum Gasteiger partial charge on any atom is -0.300 e. The monoisotopic (exact) mass is 461 g/mol. The lowest BCUT2D eigenvalue weighted by Gasteiger charge is -2.10. The van der Waals surface area contributed by atoms with Crippen LogP contribution in [-0.4, -0.2) is 11.6 Å². The Hall–Kier alpha value is -0.660. The van der Waals surface area contributed by atoms with Gasteiger partial charge < -0.3 is 0 Å². The molecule has 0 heterocycles. The van der Waals surface area contributed by atoms with Gasteiger partial charge >= 0.3 is 0 Å². The second-order valence-electron chi connectivity index (χ2n) is 10.3. The zero-order valence-electron chi connectivity index (χ0n) is 23.5. The number of hydrogen-bond acceptors (Lipinski definition) is 2. The molecule has 2 unspecified atom stereocenters. The molecule has 0 aromatic carbocycles. The first-order valence-electron chi connectivity index (χ1n) is 12.7. The highest BCUT2D eigenvalue weighted by Gasteiger charge is 2.10. The van der Waals surface area contributed by atoms with Crippen molar-refractivity contribution in [2.75, 3.05) is 0 Å². The summed E-state index contributed by atoms with van der Waals surface area (Å²) >= 11 is 0. The van der Waals surface area contributed by atoms with Crippen LogP contribution in [0.15, 0.2) is 0 Å². The Morgan fingerprint density at radius 1 is 0.688 bits per heavy atom. The molecule has 0 amide bonds. The molecule has 2 heteroatoms. The van der Waals surface area contributed by atoms with E-state index in [0.717, 1.165) is 24.2 Å². The fourth-order valence-corrected chi connectivity index (χ4v) is 2.15. The fraction of sp³-hybridized carbons (Fsp3) is 0.933. The highest BCUT2D eigenvalue weighted by atomic mass is 16.1. The Morgan fingerprint density at radius 3 is 1.19 bits per heavy atom. The molecule has 32 heavy (non-hydrogen) atoms. The number of carbonyl (C=O) groups is 2. The Morgan fingerprint density at radius 2 is 1.12 bits per heavy atom. The maximum Gasteiger partial charge on any atom is 0.132 e. The van der Waals surface area contributed by atoms with E-state index < -0.39 is 0 Å². The van der Waals surface area contributed by atoms with Crippen molar-refractivity contribution >= 4 is 11.6 Å². The molecule has 0 radical (unpaired) electrons. The molecule has 2 atom stereocenters. The number of hydrogen-bond donors (Lipinski definition) is 0. The third-order valence-corrected chi connectivity index (χ3v) is 5.59. The number of rotatable bonds is 10. The molecule has 0 saturated carbocycles. The lowest BCUT2D eigenvalue weighted by atomic mass is 9.95. The zero-order chi connectivity index (χ0) is 24.9. The normalized spacial score (nSPS) is 11.6. The molecule has 0 aliphatic carbocycles. The van der Waals surface area contributed by atoms with Crippen molar-refractivity contribution in [3.05, 3.63) is 0 Å². The number of Topliss-reactive ketones (excluding diaryl/α,β-unsaturated/α-hetero) is 2. The molecule has 0 spiro atoms. The van der Waals surface area contributed by atoms with Gasteiger partial charge in [0.15, 0.2) is 0 Å². The van der Waals surface area contributed by atoms with Crippen LogP contribution in [0.1, 0.15) is 150 Å². The molecule has 200 valence electrons. The summed E-state index contributed by atoms with van der Waals surface area (Å²) in [7, 11) is 0. The van der Waals surface area contributed by atoms with Gasteiger partial charge in [-0.15, -0.1) is 0 Å². The predicted molar refractivity (Wildman–Crippen MR) is 152 cm³/mol. The third kappa shape index (κ3) is 43.3. The van der Waals surface area contributed by atoms with E-state index in [1.165, 1.54) is 25.7 Å². The molecular weight excluding hydrogens is 392 g/mol. The average molecular weight is 461 g/mol. The van der Waals surface area contributed by atoms with E-state index in [2.05, 4.69) is 76.2 Å². The second kappa shape index (κ2) is 30.3. The van der Waals surface area contributed by atoms with E-state index in [1.807, 2.05) is 13.8 Å². The Labute approximate surface area is 207 Å². The summed E-state index contributed by atoms with van der Waals surface area (Å²) in [6, 6.07) is 0. The van der Waals surface area contributed by atoms with Crippen LogP contribution >= 0.6 is 0 Å². The average Bonchev–Trinajstić information content (AvgIpc) is 2.65. The zero-order valence-corrected chi connectivity index (χ0v) is 23.5. The van der Waals surface area contributed by atoms with E-state index >= 15 is 0 Å². The van der Waals surface area contributed by atoms with Crippen molar-refractivity contribution < 1.29 is 9.59 Å². The Balaban J connectivity index is -0.0000000691. The van der Waals surface area contributed by atoms with Crippen molar-refractivity contribution in [2.45, 2.75) is 150 Å². The quantitative estimate of drug-likeness (QED) is 0.325. The minimum absolute atomic E-state index is 0. The van der Waals surface area contributed by atoms with Crippen LogP contribution in [0.5, 0.6) is 0 Å². The molecule has 0 saturated heterocycles. The van der Waals surface area contributed by atoms with Gasteiger partial charge in [-0.25, -0.2) is 0 Å². The van der Waals surface area contributed by atoms with Crippen LogP contribution in [0.3, 0.4) is 0 Å². The molecule has 2 nitrogen and oxygen atoms in total. The van der Waals surface area contributed by atoms with Crippen molar-refractivity contribution in [3.63, 3.8) is 0 Å². The SMILES string of the molecule is C.C.CC(=O)C(C)C(C)C.CCC(=O)CC(C)C.CCC(C)C(C)C.CCCCC(C)C. The van der Waals surface area contributed by atoms with Gasteiger partial charge in [-0.3, -0.25) is 9.59 Å². The summed E-state index contributed by atoms with van der Waals surface area (Å²) in [6.07, 6.45) is 6.90. The van der Waals surface area contributed by atoms with E-state index in [-0.39, 0.29) is 20.8 Å². The molecule has 0 bridgehead atoms. The first-order chi connectivity index (χ1) is 13.7. The van der Waals surface area contributed by atoms with Gasteiger partial charge in [0.2, 0.25) is 0 Å². The summed E-state index contributed by atoms with van der Waals surface area (Å²) in [5.41, 5.74) is 0. The molecule has 0 aromatic heterocycles. The number of unbranched alkanes of at least 4 members (excludes halogenated alkanes) is 1. The first-order valence-corrected chi connectivity index (χ1v) is 12.7. The van der Waals surface area contributed by atoms with Crippen LogP contribution in [-0.2, 0) is 9.59 Å². The summed E-state index contributed by atoms with van der Waals surface area (Å²) in [6.45, 7) is 29.6. The van der Waals surface area contributed by atoms with Crippen molar-refractivity contribution in [1.82, 2.24) is 0 Å². The first kappa shape index (κ1) is 44.9. The molecule has 0 aliphatic rings. The third-order valence-electron chi connectivity index (χ3n) is 5.59. The van der Waals surface area contributed by atoms with Crippen LogP contribution in [0.25, 0.3) is 0 Å². The molecular formula is C30H68O2. The standard InChI is InChI=1S/2C7H14O.2C7H16.2CH4/c1-5(2)6(3)7(4)8;1-4-7(8)5-6(2)3;1-5-7(4)6(2)3;1-4-5-6-7(2)3;;/h5-6H,1-4H3;6H,4-5H2,1-3H3;6-7H,5H2,1-4H3;7H,4-6H2,1-3H3;2*1H4. The molecule has 0 rings (SSSR count). The van der Waals surface area contributed by atoms with E-state index in [1.54, 1.807) is 6.92 Å². The van der Waals surface area contributed by atoms with Crippen LogP contribution in [0.2, 0.25) is 0 Å². The predicted octanol–water partition coefficient (Wildman–Crippen LogP) is 10.7. The maximum atomic E-state index is 10.6. The van der Waals surface area contributed by atoms with E-state index in [4.69, 9.17) is 0 Å². The fourth-order valence-electron chi connectivity index (χ4n) is 2.15. The Kier molecular flexibility index (Phi) is 42.6. The summed E-state index contributed by atoms with van der Waals surface area (Å²) in [5.74, 6) is 4.59. The molecule has 0 aromatic rings. The minimum atomic E-state index is 0. The van der Waals surface area contributed by atoms with E-state index in [9.17, 15) is 9.59 Å². The van der Waals surface area contributed by atoms with Gasteiger partial charge in [-0.2, -0.15) is 0 Å². The van der Waals surface area contributed by atoms with Crippen molar-refractivity contribution in [3.8, 4) is 0 Å². The van der Waals surface area contributed by atoms with Crippen LogP contribution in [0, 0.1) is 35.5 Å². The highest BCUT2D eigenvalue weighted by Crippen LogP contribution is 2.12. The van der Waals surface area contributed by atoms with Gasteiger partial charge in [-0.1, -0.05) is 131 Å². The number of carbonyl (C=O) groups excluding carboxylic acids is 2. The van der Waals surface area contributed by atoms with Crippen molar-refractivity contribution in [1.29, 1.82) is 0 Å². The van der Waals surface area contributed by atoms with Crippen LogP contribution < -0.4 is 0 Å². The van der Waals surface area contributed by atoms with E-state index in [0.29, 0.717) is 29.8 Å². The van der Waals surface area contributed by atoms with Gasteiger partial charge in [0.05, 0.1) is 0 Å². The largest absolute Gasteiger partial charge is 0.300 e. The molecule has 0 fully saturated rings. The lowest BCUT2D eigenvalue weighted by Crippen LogP contribution is -2.12. The van der Waals surface area contributed by atoms with Crippen molar-refractivity contribution in [2.24, 2.45) is 35.5 Å². The summed E-state index contributed by atoms with van der Waals surface area (Å²) in [4.78, 5) is 21.2. The van der Waals surface area contributed by atoms with Crippen LogP contribution in [0.4, 0.5) is 0 Å². The number of ketones is 2. The van der Waals surface area contributed by atoms with Gasteiger partial charge in [0.25, 0.3) is 0 Å². The second-order valence-corrected chi connectivity index (χ2v) is 10.3. The summed E-state index contributed by atoms with van der Waals surface area (Å²) < 4.78 is 0. The van der Waals surface area contributed by atoms with Gasteiger partial charge in [-0.05, 0) is 36.5 Å². The van der Waals surface area contributed by atoms with Gasteiger partial charge in [0.1, 0.15) is 11.6 Å². The summed E-state index contributed by atoms with van der Waals surface area (Å²) in [5, 5.41) is 0.